The van der Waals surface area contributed by atoms with Crippen molar-refractivity contribution in [2.24, 2.45) is 0 Å². The minimum absolute atomic E-state index is 0.0275. The van der Waals surface area contributed by atoms with Gasteiger partial charge < -0.3 is 9.64 Å². The third-order valence-electron chi connectivity index (χ3n) is 6.10. The summed E-state index contributed by atoms with van der Waals surface area (Å²) >= 11 is 0. The lowest BCUT2D eigenvalue weighted by Gasteiger charge is -2.27. The van der Waals surface area contributed by atoms with Gasteiger partial charge in [-0.1, -0.05) is 18.6 Å². The predicted octanol–water partition coefficient (Wildman–Crippen LogP) is 3.64. The van der Waals surface area contributed by atoms with Crippen LogP contribution in [-0.2, 0) is 14.8 Å². The van der Waals surface area contributed by atoms with Crippen molar-refractivity contribution >= 4 is 27.5 Å². The number of ketones is 1. The maximum Gasteiger partial charge on any atom is 0.340 e. The number of benzene rings is 2. The highest BCUT2D eigenvalue weighted by atomic mass is 32.2. The summed E-state index contributed by atoms with van der Waals surface area (Å²) in [6, 6.07) is 9.99. The first-order chi connectivity index (χ1) is 15.9. The van der Waals surface area contributed by atoms with E-state index in [0.717, 1.165) is 51.3 Å². The first-order valence-electron chi connectivity index (χ1n) is 11.2. The SMILES string of the molecule is O=C(COC(=O)c1cc(S(=O)(=O)N2CCCCC2)ccc1N1CCCC1)c1ccccc1F. The van der Waals surface area contributed by atoms with Crippen LogP contribution in [0.4, 0.5) is 10.1 Å². The largest absolute Gasteiger partial charge is 0.454 e. The molecule has 0 aliphatic carbocycles. The van der Waals surface area contributed by atoms with E-state index in [1.807, 2.05) is 4.90 Å². The van der Waals surface area contributed by atoms with Crippen LogP contribution in [0, 0.1) is 5.82 Å². The molecule has 2 aliphatic rings. The van der Waals surface area contributed by atoms with E-state index < -0.39 is 34.2 Å². The van der Waals surface area contributed by atoms with E-state index in [0.29, 0.717) is 18.8 Å². The lowest BCUT2D eigenvalue weighted by Crippen LogP contribution is -2.35. The normalized spacial score (nSPS) is 17.2. The van der Waals surface area contributed by atoms with Gasteiger partial charge in [0.25, 0.3) is 0 Å². The highest BCUT2D eigenvalue weighted by Gasteiger charge is 2.29. The van der Waals surface area contributed by atoms with Crippen LogP contribution in [0.25, 0.3) is 0 Å². The summed E-state index contributed by atoms with van der Waals surface area (Å²) in [5.74, 6) is -2.16. The van der Waals surface area contributed by atoms with E-state index in [1.54, 1.807) is 6.07 Å². The molecule has 0 saturated carbocycles. The maximum absolute atomic E-state index is 13.9. The Morgan fingerprint density at radius 2 is 1.55 bits per heavy atom. The number of Topliss-reactive ketones (excluding diaryl/α,β-unsaturated/α-hetero) is 1. The van der Waals surface area contributed by atoms with Crippen molar-refractivity contribution in [1.82, 2.24) is 4.31 Å². The summed E-state index contributed by atoms with van der Waals surface area (Å²) in [5, 5.41) is 0. The van der Waals surface area contributed by atoms with Crippen LogP contribution in [0.2, 0.25) is 0 Å². The quantitative estimate of drug-likeness (QED) is 0.450. The minimum Gasteiger partial charge on any atom is -0.454 e. The number of sulfonamides is 1. The van der Waals surface area contributed by atoms with Crippen LogP contribution < -0.4 is 4.90 Å². The van der Waals surface area contributed by atoms with E-state index in [1.165, 1.54) is 34.6 Å². The van der Waals surface area contributed by atoms with Gasteiger partial charge in [-0.25, -0.2) is 17.6 Å². The lowest BCUT2D eigenvalue weighted by molar-refractivity contribution is 0.0474. The topological polar surface area (TPSA) is 84.0 Å². The first kappa shape index (κ1) is 23.4. The van der Waals surface area contributed by atoms with E-state index in [4.69, 9.17) is 4.74 Å². The Morgan fingerprint density at radius 3 is 2.24 bits per heavy atom. The first-order valence-corrected chi connectivity index (χ1v) is 12.7. The summed E-state index contributed by atoms with van der Waals surface area (Å²) in [4.78, 5) is 27.4. The van der Waals surface area contributed by atoms with Gasteiger partial charge >= 0.3 is 5.97 Å². The summed E-state index contributed by atoms with van der Waals surface area (Å²) in [6.45, 7) is 1.75. The van der Waals surface area contributed by atoms with Crippen LogP contribution in [0.3, 0.4) is 0 Å². The summed E-state index contributed by atoms with van der Waals surface area (Å²) in [5.41, 5.74) is 0.510. The van der Waals surface area contributed by atoms with E-state index in [9.17, 15) is 22.4 Å². The fraction of sp³-hybridized carbons (Fsp3) is 0.417. The van der Waals surface area contributed by atoms with Gasteiger partial charge in [-0.3, -0.25) is 4.79 Å². The number of hydrogen-bond acceptors (Lipinski definition) is 6. The number of piperidine rings is 1. The van der Waals surface area contributed by atoms with Gasteiger partial charge in [0.2, 0.25) is 15.8 Å². The van der Waals surface area contributed by atoms with Gasteiger partial charge in [0.15, 0.2) is 6.61 Å². The molecule has 2 heterocycles. The summed E-state index contributed by atoms with van der Waals surface area (Å²) < 4.78 is 46.8. The molecule has 33 heavy (non-hydrogen) atoms. The molecular weight excluding hydrogens is 447 g/mol. The van der Waals surface area contributed by atoms with Crippen molar-refractivity contribution in [3.8, 4) is 0 Å². The second kappa shape index (κ2) is 10.0. The average Bonchev–Trinajstić information content (AvgIpc) is 3.37. The number of anilines is 1. The zero-order valence-corrected chi connectivity index (χ0v) is 19.2. The lowest BCUT2D eigenvalue weighted by atomic mass is 10.1. The highest BCUT2D eigenvalue weighted by Crippen LogP contribution is 2.30. The Bertz CT molecular complexity index is 1140. The molecule has 0 atom stereocenters. The number of nitrogens with zero attached hydrogens (tertiary/aromatic N) is 2. The van der Waals surface area contributed by atoms with Crippen molar-refractivity contribution < 1.29 is 27.1 Å². The molecule has 4 rings (SSSR count). The zero-order valence-electron chi connectivity index (χ0n) is 18.3. The summed E-state index contributed by atoms with van der Waals surface area (Å²) in [6.07, 6.45) is 4.53. The number of halogens is 1. The maximum atomic E-state index is 13.9. The molecule has 0 bridgehead atoms. The molecule has 0 amide bonds. The standard InChI is InChI=1S/C24H27FN2O5S/c25-21-9-3-2-8-19(21)23(28)17-32-24(29)20-16-18(10-11-22(20)26-12-6-7-13-26)33(30,31)27-14-4-1-5-15-27/h2-3,8-11,16H,1,4-7,12-15,17H2. The molecule has 0 unspecified atom stereocenters. The molecule has 0 spiro atoms. The van der Waals surface area contributed by atoms with Gasteiger partial charge in [-0.05, 0) is 56.0 Å². The number of carbonyl (C=O) groups excluding carboxylic acids is 2. The van der Waals surface area contributed by atoms with E-state index in [2.05, 4.69) is 0 Å². The molecular formula is C24H27FN2O5S. The van der Waals surface area contributed by atoms with Crippen LogP contribution in [-0.4, -0.2) is 57.3 Å². The Balaban J connectivity index is 1.60. The molecule has 2 aliphatic heterocycles. The number of hydrogen-bond donors (Lipinski definition) is 0. The van der Waals surface area contributed by atoms with Gasteiger partial charge in [0.1, 0.15) is 5.82 Å². The van der Waals surface area contributed by atoms with Crippen LogP contribution in [0.1, 0.15) is 52.8 Å². The fourth-order valence-corrected chi connectivity index (χ4v) is 5.85. The summed E-state index contributed by atoms with van der Waals surface area (Å²) in [7, 11) is -3.75. The molecule has 9 heteroatoms. The second-order valence-electron chi connectivity index (χ2n) is 8.32. The van der Waals surface area contributed by atoms with Gasteiger partial charge in [-0.15, -0.1) is 0 Å². The molecule has 7 nitrogen and oxygen atoms in total. The average molecular weight is 475 g/mol. The Hall–Kier alpha value is -2.78. The van der Waals surface area contributed by atoms with Gasteiger partial charge in [0.05, 0.1) is 21.7 Å². The van der Waals surface area contributed by atoms with Crippen molar-refractivity contribution in [3.05, 3.63) is 59.4 Å². The number of esters is 1. The molecule has 2 saturated heterocycles. The molecule has 0 N–H and O–H groups in total. The smallest absolute Gasteiger partial charge is 0.340 e. The van der Waals surface area contributed by atoms with Crippen LogP contribution in [0.5, 0.6) is 0 Å². The third kappa shape index (κ3) is 5.09. The molecule has 2 fully saturated rings. The second-order valence-corrected chi connectivity index (χ2v) is 10.3. The monoisotopic (exact) mass is 474 g/mol. The Labute approximate surface area is 193 Å². The van der Waals surface area contributed by atoms with Crippen molar-refractivity contribution in [2.75, 3.05) is 37.7 Å². The van der Waals surface area contributed by atoms with Gasteiger partial charge in [-0.2, -0.15) is 4.31 Å². The Morgan fingerprint density at radius 1 is 0.879 bits per heavy atom. The number of carbonyl (C=O) groups is 2. The third-order valence-corrected chi connectivity index (χ3v) is 7.99. The number of rotatable bonds is 7. The fourth-order valence-electron chi connectivity index (χ4n) is 4.30. The van der Waals surface area contributed by atoms with Crippen molar-refractivity contribution in [2.45, 2.75) is 37.0 Å². The number of ether oxygens (including phenoxy) is 1. The predicted molar refractivity (Wildman–Crippen MR) is 122 cm³/mol. The molecule has 2 aromatic rings. The van der Waals surface area contributed by atoms with Crippen LogP contribution in [0.15, 0.2) is 47.4 Å². The van der Waals surface area contributed by atoms with Crippen LogP contribution >= 0.6 is 0 Å². The van der Waals surface area contributed by atoms with Crippen molar-refractivity contribution in [3.63, 3.8) is 0 Å². The van der Waals surface area contributed by atoms with E-state index >= 15 is 0 Å². The Kier molecular flexibility index (Phi) is 7.09. The highest BCUT2D eigenvalue weighted by molar-refractivity contribution is 7.89. The van der Waals surface area contributed by atoms with Gasteiger partial charge in [0, 0.05) is 26.2 Å². The molecule has 0 radical (unpaired) electrons. The van der Waals surface area contributed by atoms with E-state index in [-0.39, 0.29) is 16.0 Å². The molecule has 176 valence electrons. The zero-order chi connectivity index (χ0) is 23.4. The minimum atomic E-state index is -3.75. The molecule has 0 aromatic heterocycles. The van der Waals surface area contributed by atoms with Crippen molar-refractivity contribution in [1.29, 1.82) is 0 Å². The molecule has 2 aromatic carbocycles.